The number of nitrogens with zero attached hydrogens (tertiary/aromatic N) is 4. The van der Waals surface area contributed by atoms with Crippen LogP contribution in [-0.2, 0) is 7.05 Å². The van der Waals surface area contributed by atoms with E-state index in [4.69, 9.17) is 4.74 Å². The van der Waals surface area contributed by atoms with Crippen molar-refractivity contribution in [3.8, 4) is 11.5 Å². The second kappa shape index (κ2) is 6.48. The van der Waals surface area contributed by atoms with Crippen molar-refractivity contribution in [1.29, 1.82) is 0 Å². The predicted molar refractivity (Wildman–Crippen MR) is 99.5 cm³/mol. The zero-order chi connectivity index (χ0) is 18.1. The Labute approximate surface area is 150 Å². The van der Waals surface area contributed by atoms with Gasteiger partial charge in [0.05, 0.1) is 5.52 Å². The zero-order valence-corrected chi connectivity index (χ0v) is 14.4. The summed E-state index contributed by atoms with van der Waals surface area (Å²) in [4.78, 5) is 10.4. The van der Waals surface area contributed by atoms with Gasteiger partial charge in [-0.2, -0.15) is 4.39 Å². The minimum atomic E-state index is -0.346. The molecule has 4 rings (SSSR count). The van der Waals surface area contributed by atoms with E-state index >= 15 is 0 Å². The third kappa shape index (κ3) is 2.86. The Balaban J connectivity index is 1.64. The predicted octanol–water partition coefficient (Wildman–Crippen LogP) is 4.67. The summed E-state index contributed by atoms with van der Waals surface area (Å²) in [7, 11) is 3.55. The smallest absolute Gasteiger partial charge is 0.196 e. The van der Waals surface area contributed by atoms with Crippen LogP contribution in [0.15, 0.2) is 67.0 Å². The summed E-state index contributed by atoms with van der Waals surface area (Å²) in [5.41, 5.74) is 2.13. The highest BCUT2D eigenvalue weighted by Crippen LogP contribution is 2.31. The first-order chi connectivity index (χ1) is 12.6. The van der Waals surface area contributed by atoms with Crippen molar-refractivity contribution in [3.05, 3.63) is 72.9 Å². The van der Waals surface area contributed by atoms with E-state index in [-0.39, 0.29) is 5.95 Å². The van der Waals surface area contributed by atoms with Crippen LogP contribution in [0.25, 0.3) is 11.0 Å². The van der Waals surface area contributed by atoms with E-state index in [1.54, 1.807) is 7.05 Å². The summed E-state index contributed by atoms with van der Waals surface area (Å²) < 4.78 is 21.2. The van der Waals surface area contributed by atoms with Crippen LogP contribution < -0.4 is 9.64 Å². The first kappa shape index (κ1) is 16.1. The van der Waals surface area contributed by atoms with Crippen molar-refractivity contribution < 1.29 is 9.13 Å². The molecule has 0 fully saturated rings. The number of hydrogen-bond donors (Lipinski definition) is 0. The molecule has 0 aliphatic carbocycles. The van der Waals surface area contributed by atoms with Crippen molar-refractivity contribution in [2.24, 2.45) is 7.05 Å². The molecule has 2 aromatic carbocycles. The lowest BCUT2D eigenvalue weighted by Crippen LogP contribution is -2.13. The third-order valence-corrected chi connectivity index (χ3v) is 4.26. The van der Waals surface area contributed by atoms with Crippen molar-refractivity contribution in [2.45, 2.75) is 0 Å². The molecule has 0 bridgehead atoms. The van der Waals surface area contributed by atoms with Crippen molar-refractivity contribution >= 4 is 22.5 Å². The molecule has 0 atom stereocenters. The van der Waals surface area contributed by atoms with E-state index in [1.165, 1.54) is 17.0 Å². The molecule has 4 aromatic rings. The van der Waals surface area contributed by atoms with Gasteiger partial charge in [0.1, 0.15) is 23.3 Å². The Kier molecular flexibility index (Phi) is 4.01. The highest BCUT2D eigenvalue weighted by molar-refractivity contribution is 5.89. The van der Waals surface area contributed by atoms with Crippen LogP contribution in [0.3, 0.4) is 0 Å². The molecule has 6 heteroatoms. The molecule has 0 aliphatic heterocycles. The maximum absolute atomic E-state index is 13.9. The molecule has 5 nitrogen and oxygen atoms in total. The van der Waals surface area contributed by atoms with Gasteiger partial charge in [-0.3, -0.25) is 0 Å². The summed E-state index contributed by atoms with van der Waals surface area (Å²) in [5.74, 6) is 1.82. The first-order valence-corrected chi connectivity index (χ1v) is 8.16. The number of anilines is 2. The summed E-state index contributed by atoms with van der Waals surface area (Å²) in [6.45, 7) is 0. The maximum Gasteiger partial charge on any atom is 0.196 e. The van der Waals surface area contributed by atoms with Crippen LogP contribution in [-0.4, -0.2) is 21.6 Å². The van der Waals surface area contributed by atoms with Gasteiger partial charge < -0.3 is 14.2 Å². The Morgan fingerprint density at radius 2 is 1.65 bits per heavy atom. The lowest BCUT2D eigenvalue weighted by molar-refractivity contribution is 0.483. The van der Waals surface area contributed by atoms with Crippen LogP contribution in [0.1, 0.15) is 0 Å². The molecule has 130 valence electrons. The average Bonchev–Trinajstić information content (AvgIpc) is 2.97. The second-order valence-electron chi connectivity index (χ2n) is 5.93. The number of para-hydroxylation sites is 1. The summed E-state index contributed by atoms with van der Waals surface area (Å²) in [5, 5.41) is 0. The highest BCUT2D eigenvalue weighted by Gasteiger charge is 2.16. The van der Waals surface area contributed by atoms with Crippen molar-refractivity contribution in [1.82, 2.24) is 14.5 Å². The summed E-state index contributed by atoms with van der Waals surface area (Å²) >= 11 is 0. The van der Waals surface area contributed by atoms with Crippen LogP contribution in [0.5, 0.6) is 11.5 Å². The fourth-order valence-corrected chi connectivity index (χ4v) is 2.86. The second-order valence-corrected chi connectivity index (χ2v) is 5.93. The SMILES string of the molecule is CN(c1ccc(Oc2ccccc2)cc1)c1ncnc2cc(F)n(C)c12. The van der Waals surface area contributed by atoms with E-state index in [0.717, 1.165) is 17.2 Å². The number of benzene rings is 2. The van der Waals surface area contributed by atoms with E-state index < -0.39 is 0 Å². The van der Waals surface area contributed by atoms with Crippen molar-refractivity contribution in [2.75, 3.05) is 11.9 Å². The normalized spacial score (nSPS) is 10.9. The molecule has 0 amide bonds. The number of hydrogen-bond acceptors (Lipinski definition) is 4. The number of aryl methyl sites for hydroxylation is 1. The molecule has 0 aliphatic rings. The average molecular weight is 348 g/mol. The minimum Gasteiger partial charge on any atom is -0.457 e. The minimum absolute atomic E-state index is 0.346. The Morgan fingerprint density at radius 3 is 2.38 bits per heavy atom. The summed E-state index contributed by atoms with van der Waals surface area (Å²) in [6, 6.07) is 18.7. The molecule has 0 spiro atoms. The quantitative estimate of drug-likeness (QED) is 0.538. The fraction of sp³-hybridized carbons (Fsp3) is 0.100. The molecule has 2 aromatic heterocycles. The number of fused-ring (bicyclic) bond motifs is 1. The van der Waals surface area contributed by atoms with Crippen molar-refractivity contribution in [3.63, 3.8) is 0 Å². The Morgan fingerprint density at radius 1 is 0.962 bits per heavy atom. The molecule has 0 unspecified atom stereocenters. The van der Waals surface area contributed by atoms with Crippen LogP contribution in [0.4, 0.5) is 15.9 Å². The largest absolute Gasteiger partial charge is 0.457 e. The molecule has 26 heavy (non-hydrogen) atoms. The van der Waals surface area contributed by atoms with Crippen LogP contribution in [0.2, 0.25) is 0 Å². The van der Waals surface area contributed by atoms with E-state index in [2.05, 4.69) is 9.97 Å². The molecular weight excluding hydrogens is 331 g/mol. The van der Waals surface area contributed by atoms with Gasteiger partial charge >= 0.3 is 0 Å². The third-order valence-electron chi connectivity index (χ3n) is 4.26. The molecular formula is C20H17FN4O. The van der Waals surface area contributed by atoms with E-state index in [1.807, 2.05) is 66.5 Å². The van der Waals surface area contributed by atoms with Crippen LogP contribution in [0, 0.1) is 5.95 Å². The topological polar surface area (TPSA) is 43.2 Å². The van der Waals surface area contributed by atoms with Crippen LogP contribution >= 0.6 is 0 Å². The number of ether oxygens (including phenoxy) is 1. The highest BCUT2D eigenvalue weighted by atomic mass is 19.1. The van der Waals surface area contributed by atoms with Gasteiger partial charge in [0, 0.05) is 25.8 Å². The van der Waals surface area contributed by atoms with Gasteiger partial charge in [0.2, 0.25) is 0 Å². The molecule has 2 heterocycles. The number of rotatable bonds is 4. The Hall–Kier alpha value is -3.41. The van der Waals surface area contributed by atoms with Gasteiger partial charge in [-0.05, 0) is 36.4 Å². The standard InChI is InChI=1S/C20H17FN4O/c1-24(20-19-17(22-13-23-20)12-18(21)25(19)2)14-8-10-16(11-9-14)26-15-6-4-3-5-7-15/h3-13H,1-2H3. The first-order valence-electron chi connectivity index (χ1n) is 8.16. The number of aromatic nitrogens is 3. The molecule has 0 radical (unpaired) electrons. The lowest BCUT2D eigenvalue weighted by atomic mass is 10.2. The van der Waals surface area contributed by atoms with E-state index in [9.17, 15) is 4.39 Å². The monoisotopic (exact) mass is 348 g/mol. The van der Waals surface area contributed by atoms with Gasteiger partial charge in [-0.25, -0.2) is 9.97 Å². The van der Waals surface area contributed by atoms with E-state index in [0.29, 0.717) is 16.9 Å². The maximum atomic E-state index is 13.9. The molecule has 0 saturated carbocycles. The fourth-order valence-electron chi connectivity index (χ4n) is 2.86. The van der Waals surface area contributed by atoms with Gasteiger partial charge in [0.15, 0.2) is 11.8 Å². The van der Waals surface area contributed by atoms with Gasteiger partial charge in [0.25, 0.3) is 0 Å². The molecule has 0 saturated heterocycles. The van der Waals surface area contributed by atoms with Gasteiger partial charge in [-0.15, -0.1) is 0 Å². The van der Waals surface area contributed by atoms with Gasteiger partial charge in [-0.1, -0.05) is 18.2 Å². The summed E-state index contributed by atoms with van der Waals surface area (Å²) in [6.07, 6.45) is 1.44. The molecule has 0 N–H and O–H groups in total. The lowest BCUT2D eigenvalue weighted by Gasteiger charge is -2.20. The zero-order valence-electron chi connectivity index (χ0n) is 14.4. The Bertz CT molecular complexity index is 1040. The number of halogens is 1.